The van der Waals surface area contributed by atoms with Gasteiger partial charge in [-0.2, -0.15) is 0 Å². The predicted molar refractivity (Wildman–Crippen MR) is 41.6 cm³/mol. The zero-order valence-corrected chi connectivity index (χ0v) is 7.25. The van der Waals surface area contributed by atoms with E-state index in [1.54, 1.807) is 7.11 Å². The Morgan fingerprint density at radius 3 is 2.91 bits per heavy atom. The predicted octanol–water partition coefficient (Wildman–Crippen LogP) is 0.738. The van der Waals surface area contributed by atoms with Crippen molar-refractivity contribution in [2.45, 2.75) is 31.3 Å². The second kappa shape index (κ2) is 4.26. The number of hydrogen-bond acceptors (Lipinski definition) is 3. The van der Waals surface area contributed by atoms with Gasteiger partial charge in [0.05, 0.1) is 12.2 Å². The number of hydrogen-bond donors (Lipinski definition) is 1. The molecule has 11 heavy (non-hydrogen) atoms. The minimum absolute atomic E-state index is 0.0645. The van der Waals surface area contributed by atoms with Gasteiger partial charge in [-0.1, -0.05) is 0 Å². The third-order valence-electron chi connectivity index (χ3n) is 1.85. The minimum atomic E-state index is -0.711. The van der Waals surface area contributed by atoms with E-state index in [9.17, 15) is 0 Å². The van der Waals surface area contributed by atoms with Crippen LogP contribution in [0.15, 0.2) is 0 Å². The summed E-state index contributed by atoms with van der Waals surface area (Å²) >= 11 is 5.58. The van der Waals surface area contributed by atoms with Crippen molar-refractivity contribution in [3.8, 4) is 0 Å². The molecule has 1 heterocycles. The van der Waals surface area contributed by atoms with Gasteiger partial charge >= 0.3 is 0 Å². The topological polar surface area (TPSA) is 38.7 Å². The van der Waals surface area contributed by atoms with Gasteiger partial charge < -0.3 is 14.6 Å². The number of alkyl halides is 1. The molecule has 0 saturated carbocycles. The van der Waals surface area contributed by atoms with Crippen LogP contribution in [0.1, 0.15) is 12.8 Å². The van der Waals surface area contributed by atoms with E-state index in [0.29, 0.717) is 12.3 Å². The Kier molecular flexibility index (Phi) is 3.59. The summed E-state index contributed by atoms with van der Waals surface area (Å²) in [6, 6.07) is 0. The molecular weight excluding hydrogens is 168 g/mol. The van der Waals surface area contributed by atoms with Gasteiger partial charge in [-0.15, -0.1) is 11.6 Å². The van der Waals surface area contributed by atoms with E-state index >= 15 is 0 Å². The van der Waals surface area contributed by atoms with E-state index in [2.05, 4.69) is 0 Å². The van der Waals surface area contributed by atoms with E-state index < -0.39 is 6.29 Å². The largest absolute Gasteiger partial charge is 0.381 e. The maximum Gasteiger partial charge on any atom is 0.157 e. The summed E-state index contributed by atoms with van der Waals surface area (Å²) in [7, 11) is 1.63. The van der Waals surface area contributed by atoms with Crippen LogP contribution in [-0.2, 0) is 9.47 Å². The molecular formula is C7H13ClO3. The molecule has 1 rings (SSSR count). The first kappa shape index (κ1) is 9.26. The van der Waals surface area contributed by atoms with Gasteiger partial charge in [0.15, 0.2) is 6.29 Å². The monoisotopic (exact) mass is 180 g/mol. The fraction of sp³-hybridized carbons (Fsp3) is 1.00. The fourth-order valence-corrected chi connectivity index (χ4v) is 1.44. The number of ether oxygens (including phenoxy) is 2. The highest BCUT2D eigenvalue weighted by molar-refractivity contribution is 6.18. The van der Waals surface area contributed by atoms with Crippen LogP contribution in [0.25, 0.3) is 0 Å². The first-order valence-corrected chi connectivity index (χ1v) is 4.22. The third kappa shape index (κ3) is 2.60. The molecule has 66 valence electrons. The molecule has 1 N–H and O–H groups in total. The second-order valence-electron chi connectivity index (χ2n) is 2.70. The Morgan fingerprint density at radius 1 is 1.64 bits per heavy atom. The summed E-state index contributed by atoms with van der Waals surface area (Å²) in [6.07, 6.45) is 0.631. The first-order valence-electron chi connectivity index (χ1n) is 3.68. The molecule has 1 fully saturated rings. The van der Waals surface area contributed by atoms with Crippen LogP contribution in [0.3, 0.4) is 0 Å². The normalized spacial score (nSPS) is 39.0. The van der Waals surface area contributed by atoms with Gasteiger partial charge in [0.2, 0.25) is 0 Å². The van der Waals surface area contributed by atoms with E-state index in [0.717, 1.165) is 6.42 Å². The lowest BCUT2D eigenvalue weighted by molar-refractivity contribution is -0.187. The summed E-state index contributed by atoms with van der Waals surface area (Å²) in [5.41, 5.74) is 0. The molecule has 1 unspecified atom stereocenters. The van der Waals surface area contributed by atoms with Crippen LogP contribution >= 0.6 is 11.6 Å². The first-order chi connectivity index (χ1) is 5.26. The van der Waals surface area contributed by atoms with Crippen LogP contribution in [0, 0.1) is 0 Å². The maximum atomic E-state index is 9.15. The van der Waals surface area contributed by atoms with Crippen LogP contribution < -0.4 is 0 Å². The van der Waals surface area contributed by atoms with E-state index in [1.165, 1.54) is 0 Å². The summed E-state index contributed by atoms with van der Waals surface area (Å²) in [5, 5.41) is 9.15. The molecule has 3 nitrogen and oxygen atoms in total. The van der Waals surface area contributed by atoms with Crippen molar-refractivity contribution >= 4 is 11.6 Å². The van der Waals surface area contributed by atoms with Crippen molar-refractivity contribution in [1.29, 1.82) is 0 Å². The standard InChI is InChI=1S/C7H13ClO3/c1-10-5-2-6(4-8)11-7(9)3-5/h5-7,9H,2-4H2,1H3/t5-,6+,7?/m1/s1. The van der Waals surface area contributed by atoms with Crippen molar-refractivity contribution in [1.82, 2.24) is 0 Å². The van der Waals surface area contributed by atoms with Gasteiger partial charge in [-0.25, -0.2) is 0 Å². The molecule has 0 radical (unpaired) electrons. The van der Waals surface area contributed by atoms with Gasteiger partial charge in [0.25, 0.3) is 0 Å². The molecule has 0 aromatic carbocycles. The van der Waals surface area contributed by atoms with Gasteiger partial charge in [0, 0.05) is 25.8 Å². The lowest BCUT2D eigenvalue weighted by Crippen LogP contribution is -2.37. The van der Waals surface area contributed by atoms with Gasteiger partial charge in [-0.05, 0) is 0 Å². The Balaban J connectivity index is 2.37. The molecule has 0 amide bonds. The molecule has 1 saturated heterocycles. The average Bonchev–Trinajstić information content (AvgIpc) is 2.03. The zero-order valence-electron chi connectivity index (χ0n) is 6.50. The molecule has 0 aliphatic carbocycles. The number of methoxy groups -OCH3 is 1. The summed E-state index contributed by atoms with van der Waals surface area (Å²) in [6.45, 7) is 0. The average molecular weight is 181 g/mol. The number of halogens is 1. The van der Waals surface area contributed by atoms with Gasteiger partial charge in [-0.3, -0.25) is 0 Å². The number of aliphatic hydroxyl groups is 1. The van der Waals surface area contributed by atoms with Crippen molar-refractivity contribution in [3.05, 3.63) is 0 Å². The summed E-state index contributed by atoms with van der Waals surface area (Å²) in [4.78, 5) is 0. The minimum Gasteiger partial charge on any atom is -0.381 e. The number of aliphatic hydroxyl groups excluding tert-OH is 1. The van der Waals surface area contributed by atoms with E-state index in [4.69, 9.17) is 26.2 Å². The van der Waals surface area contributed by atoms with Crippen LogP contribution in [0.2, 0.25) is 0 Å². The van der Waals surface area contributed by atoms with Crippen molar-refractivity contribution in [3.63, 3.8) is 0 Å². The Bertz CT molecular complexity index is 108. The Morgan fingerprint density at radius 2 is 2.36 bits per heavy atom. The summed E-state index contributed by atoms with van der Waals surface area (Å²) < 4.78 is 10.2. The lowest BCUT2D eigenvalue weighted by Gasteiger charge is -2.30. The van der Waals surface area contributed by atoms with Gasteiger partial charge in [0.1, 0.15) is 0 Å². The quantitative estimate of drug-likeness (QED) is 0.637. The summed E-state index contributed by atoms with van der Waals surface area (Å²) in [5.74, 6) is 0.414. The van der Waals surface area contributed by atoms with E-state index in [1.807, 2.05) is 0 Å². The fourth-order valence-electron chi connectivity index (χ4n) is 1.24. The van der Waals surface area contributed by atoms with Crippen LogP contribution in [0.4, 0.5) is 0 Å². The second-order valence-corrected chi connectivity index (χ2v) is 3.00. The molecule has 1 aliphatic heterocycles. The highest BCUT2D eigenvalue weighted by Crippen LogP contribution is 2.20. The third-order valence-corrected chi connectivity index (χ3v) is 2.19. The van der Waals surface area contributed by atoms with Crippen molar-refractivity contribution in [2.75, 3.05) is 13.0 Å². The lowest BCUT2D eigenvalue weighted by atomic mass is 10.1. The molecule has 0 bridgehead atoms. The zero-order chi connectivity index (χ0) is 8.27. The SMILES string of the molecule is CO[C@H]1CC(O)O[C@H](CCl)C1. The molecule has 0 spiro atoms. The van der Waals surface area contributed by atoms with Crippen molar-refractivity contribution < 1.29 is 14.6 Å². The van der Waals surface area contributed by atoms with E-state index in [-0.39, 0.29) is 12.2 Å². The molecule has 4 heteroatoms. The Labute approximate surface area is 71.2 Å². The number of rotatable bonds is 2. The highest BCUT2D eigenvalue weighted by Gasteiger charge is 2.27. The Hall–Kier alpha value is 0.170. The highest BCUT2D eigenvalue weighted by atomic mass is 35.5. The maximum absolute atomic E-state index is 9.15. The molecule has 3 atom stereocenters. The molecule has 1 aliphatic rings. The smallest absolute Gasteiger partial charge is 0.157 e. The van der Waals surface area contributed by atoms with Crippen LogP contribution in [0.5, 0.6) is 0 Å². The van der Waals surface area contributed by atoms with Crippen LogP contribution in [-0.4, -0.2) is 36.6 Å². The molecule has 0 aromatic rings. The molecule has 0 aromatic heterocycles. The van der Waals surface area contributed by atoms with Crippen molar-refractivity contribution in [2.24, 2.45) is 0 Å².